The number of carbonyl (C=O) groups excluding carboxylic acids is 9. The van der Waals surface area contributed by atoms with E-state index in [4.69, 9.17) is 0 Å². The minimum absolute atomic E-state index is 0.0114. The molecule has 31 heteroatoms. The predicted molar refractivity (Wildman–Crippen MR) is 281 cm³/mol. The van der Waals surface area contributed by atoms with E-state index in [-0.39, 0.29) is 109 Å². The van der Waals surface area contributed by atoms with Crippen molar-refractivity contribution in [2.24, 2.45) is 49.3 Å². The molecular weight excluding hydrogens is 1030 g/mol. The summed E-state index contributed by atoms with van der Waals surface area (Å²) < 4.78 is 10.1. The van der Waals surface area contributed by atoms with Gasteiger partial charge in [-0.2, -0.15) is 0 Å². The fourth-order valence-corrected chi connectivity index (χ4v) is 7.84. The molecule has 7 aromatic rings. The lowest BCUT2D eigenvalue weighted by atomic mass is 10.3. The Balaban J connectivity index is 0.779. The van der Waals surface area contributed by atoms with Crippen molar-refractivity contribution in [1.82, 2.24) is 67.9 Å². The van der Waals surface area contributed by atoms with Crippen molar-refractivity contribution in [3.05, 3.63) is 108 Å². The molecule has 7 rings (SSSR count). The molecule has 0 aliphatic carbocycles. The topological polar surface area (TPSA) is 385 Å². The van der Waals surface area contributed by atoms with Crippen LogP contribution in [0.2, 0.25) is 0 Å². The first-order valence-electron chi connectivity index (χ1n) is 24.0. The van der Waals surface area contributed by atoms with Crippen LogP contribution in [0.1, 0.15) is 99.6 Å². The molecular formula is C48H56N20O11. The molecule has 7 heterocycles. The Morgan fingerprint density at radius 3 is 1.30 bits per heavy atom. The van der Waals surface area contributed by atoms with Gasteiger partial charge in [0.05, 0.1) is 17.1 Å². The van der Waals surface area contributed by atoms with Gasteiger partial charge < -0.3 is 84.9 Å². The van der Waals surface area contributed by atoms with Crippen LogP contribution in [0, 0.1) is 0 Å². The fraction of sp³-hybridized carbons (Fsp3) is 0.292. The van der Waals surface area contributed by atoms with E-state index in [1.165, 1.54) is 89.8 Å². The van der Waals surface area contributed by atoms with E-state index in [2.05, 4.69) is 67.8 Å². The summed E-state index contributed by atoms with van der Waals surface area (Å²) in [4.78, 5) is 143. The summed E-state index contributed by atoms with van der Waals surface area (Å²) in [6.07, 6.45) is 11.9. The number of hydrogen-bond acceptors (Lipinski definition) is 14. The number of aryl methyl sites for hydroxylation is 7. The lowest BCUT2D eigenvalue weighted by Crippen LogP contribution is -2.29. The van der Waals surface area contributed by atoms with Crippen LogP contribution in [-0.2, 0) is 63.7 Å². The third kappa shape index (κ3) is 14.2. The van der Waals surface area contributed by atoms with E-state index in [1.807, 2.05) is 0 Å². The minimum atomic E-state index is -1.26. The molecule has 0 aliphatic heterocycles. The van der Waals surface area contributed by atoms with Crippen molar-refractivity contribution in [2.45, 2.75) is 25.7 Å². The van der Waals surface area contributed by atoms with Gasteiger partial charge in [0.25, 0.3) is 35.4 Å². The molecule has 0 radical (unpaired) electrons. The van der Waals surface area contributed by atoms with Gasteiger partial charge in [-0.15, -0.1) is 0 Å². The van der Waals surface area contributed by atoms with Crippen LogP contribution < -0.4 is 47.9 Å². The molecule has 0 unspecified atom stereocenters. The second-order valence-electron chi connectivity index (χ2n) is 17.9. The number of carboxylic acid groups (broad SMARTS) is 1. The third-order valence-electron chi connectivity index (χ3n) is 11.7. The van der Waals surface area contributed by atoms with Gasteiger partial charge in [-0.3, -0.25) is 43.2 Å². The number of nitrogens with one attached hydrogen (secondary N) is 9. The minimum Gasteiger partial charge on any atom is -0.475 e. The molecule has 7 aromatic heterocycles. The molecule has 0 saturated heterocycles. The number of carbonyl (C=O) groups is 10. The van der Waals surface area contributed by atoms with Gasteiger partial charge in [-0.1, -0.05) is 0 Å². The molecule has 0 aromatic carbocycles. The Morgan fingerprint density at radius 2 is 0.810 bits per heavy atom. The molecule has 0 bridgehead atoms. The van der Waals surface area contributed by atoms with E-state index in [0.29, 0.717) is 11.4 Å². The van der Waals surface area contributed by atoms with E-state index >= 15 is 0 Å². The van der Waals surface area contributed by atoms with Crippen molar-refractivity contribution < 1.29 is 53.1 Å². The van der Waals surface area contributed by atoms with Crippen LogP contribution in [0.25, 0.3) is 0 Å². The van der Waals surface area contributed by atoms with E-state index in [1.54, 1.807) is 59.2 Å². The maximum atomic E-state index is 13.2. The highest BCUT2D eigenvalue weighted by Crippen LogP contribution is 2.19. The summed E-state index contributed by atoms with van der Waals surface area (Å²) in [6, 6.07) is 4.37. The zero-order valence-corrected chi connectivity index (χ0v) is 43.7. The number of aromatic carboxylic acids is 1. The second kappa shape index (κ2) is 24.4. The molecule has 10 N–H and O–H groups in total. The standard InChI is InChI=1S/C48H56N20O11/c1-62-16-15-49-38(62)46(76)54-27-18-30(64(3)21-27)43(73)51-13-11-37(71)57-33-24-67(6)40(59-33)47(77)55-28-19-29(63(2)22-28)42(72)50-12-8-9-35(69)56-32-23-66(5)39(58-32)45(75)52-14-10-36(70)53-26-17-31(65(4)20-26)44(74)61-34-25-68(7)41(60-34)48(78)79/h15-25H,8-14H2,1-7H3,(H,50,72)(H,51,73)(H,52,75)(H,53,70)(H,54,76)(H,55,77)(H,56,69)(H,57,71)(H,61,74)(H,78,79). The second-order valence-corrected chi connectivity index (χ2v) is 17.9. The van der Waals surface area contributed by atoms with Crippen molar-refractivity contribution in [2.75, 3.05) is 51.5 Å². The van der Waals surface area contributed by atoms with Gasteiger partial charge in [0, 0.05) is 138 Å². The summed E-state index contributed by atoms with van der Waals surface area (Å²) >= 11 is 0. The molecule has 31 nitrogen and oxygen atoms in total. The van der Waals surface area contributed by atoms with Gasteiger partial charge in [0.1, 0.15) is 17.1 Å². The molecule has 0 atom stereocenters. The summed E-state index contributed by atoms with van der Waals surface area (Å²) in [5.74, 6) is -5.82. The Hall–Kier alpha value is -10.6. The molecule has 414 valence electrons. The number of carboxylic acids is 1. The highest BCUT2D eigenvalue weighted by Gasteiger charge is 2.22. The fourth-order valence-electron chi connectivity index (χ4n) is 7.84. The maximum Gasteiger partial charge on any atom is 0.372 e. The van der Waals surface area contributed by atoms with Crippen LogP contribution in [0.4, 0.5) is 34.5 Å². The molecule has 9 amide bonds. The lowest BCUT2D eigenvalue weighted by Gasteiger charge is -2.06. The Kier molecular flexibility index (Phi) is 17.3. The number of aromatic nitrogens is 11. The van der Waals surface area contributed by atoms with Crippen molar-refractivity contribution >= 4 is 93.6 Å². The maximum absolute atomic E-state index is 13.2. The Morgan fingerprint density at radius 1 is 0.405 bits per heavy atom. The molecule has 0 saturated carbocycles. The van der Waals surface area contributed by atoms with Gasteiger partial charge >= 0.3 is 5.97 Å². The first-order valence-corrected chi connectivity index (χ1v) is 24.0. The van der Waals surface area contributed by atoms with Gasteiger partial charge in [-0.25, -0.2) is 24.7 Å². The summed E-state index contributed by atoms with van der Waals surface area (Å²) in [5.41, 5.74) is 1.56. The Labute approximate surface area is 448 Å². The van der Waals surface area contributed by atoms with E-state index < -0.39 is 59.1 Å². The SMILES string of the molecule is Cn1cc(NC(=O)c2nc(NC(=O)CCNC(=O)c3cc(NC(=O)c4nccn4C)cn3C)cn2C)cc1C(=O)NCCCC(=O)Nc1cn(C)c(C(=O)NCCC(=O)Nc2cc(C(=O)Nc3cn(C)c(C(=O)O)n3)n(C)c2)n1. The number of nitrogens with zero attached hydrogens (tertiary/aromatic N) is 11. The average Bonchev–Trinajstić information content (AvgIpc) is 4.31. The zero-order chi connectivity index (χ0) is 57.2. The normalized spacial score (nSPS) is 10.9. The first kappa shape index (κ1) is 56.1. The highest BCUT2D eigenvalue weighted by molar-refractivity contribution is 6.06. The largest absolute Gasteiger partial charge is 0.475 e. The third-order valence-corrected chi connectivity index (χ3v) is 11.7. The quantitative estimate of drug-likeness (QED) is 0.0396. The van der Waals surface area contributed by atoms with Gasteiger partial charge in [-0.05, 0) is 24.6 Å². The highest BCUT2D eigenvalue weighted by atomic mass is 16.4. The van der Waals surface area contributed by atoms with Crippen LogP contribution in [0.15, 0.2) is 67.8 Å². The van der Waals surface area contributed by atoms with Crippen molar-refractivity contribution in [1.29, 1.82) is 0 Å². The molecule has 0 aliphatic rings. The molecule has 79 heavy (non-hydrogen) atoms. The smallest absolute Gasteiger partial charge is 0.372 e. The summed E-state index contributed by atoms with van der Waals surface area (Å²) in [7, 11) is 11.1. The van der Waals surface area contributed by atoms with Crippen molar-refractivity contribution in [3.63, 3.8) is 0 Å². The van der Waals surface area contributed by atoms with Gasteiger partial charge in [0.2, 0.25) is 35.2 Å². The van der Waals surface area contributed by atoms with Crippen molar-refractivity contribution in [3.8, 4) is 0 Å². The molecule has 0 fully saturated rings. The van der Waals surface area contributed by atoms with E-state index in [0.717, 1.165) is 0 Å². The number of hydrogen-bond donors (Lipinski definition) is 10. The van der Waals surface area contributed by atoms with Crippen LogP contribution in [0.3, 0.4) is 0 Å². The lowest BCUT2D eigenvalue weighted by molar-refractivity contribution is -0.117. The average molecular weight is 1090 g/mol. The Bertz CT molecular complexity index is 3530. The zero-order valence-electron chi connectivity index (χ0n) is 43.7. The number of rotatable bonds is 23. The summed E-state index contributed by atoms with van der Waals surface area (Å²) in [5, 5.41) is 33.0. The first-order chi connectivity index (χ1) is 37.5. The monoisotopic (exact) mass is 1090 g/mol. The summed E-state index contributed by atoms with van der Waals surface area (Å²) in [6.45, 7) is 0.0130. The van der Waals surface area contributed by atoms with E-state index in [9.17, 15) is 53.1 Å². The van der Waals surface area contributed by atoms with Gasteiger partial charge in [0.15, 0.2) is 23.3 Å². The number of amides is 9. The van der Waals surface area contributed by atoms with Crippen LogP contribution >= 0.6 is 0 Å². The predicted octanol–water partition coefficient (Wildman–Crippen LogP) is 0.757. The number of imidazole rings is 4. The number of anilines is 6. The van der Waals surface area contributed by atoms with Crippen LogP contribution in [-0.4, -0.2) is 136 Å². The van der Waals surface area contributed by atoms with Crippen LogP contribution in [0.5, 0.6) is 0 Å². The molecule has 0 spiro atoms.